The van der Waals surface area contributed by atoms with Gasteiger partial charge in [-0.2, -0.15) is 0 Å². The fourth-order valence-electron chi connectivity index (χ4n) is 0.686. The fourth-order valence-corrected chi connectivity index (χ4v) is 0.686. The summed E-state index contributed by atoms with van der Waals surface area (Å²) in [5.41, 5.74) is -3.09. The summed E-state index contributed by atoms with van der Waals surface area (Å²) >= 11 is 0. The summed E-state index contributed by atoms with van der Waals surface area (Å²) in [5.74, 6) is 0. The van der Waals surface area contributed by atoms with Gasteiger partial charge in [-0.15, -0.1) is 0 Å². The van der Waals surface area contributed by atoms with E-state index in [9.17, 15) is 0 Å². The summed E-state index contributed by atoms with van der Waals surface area (Å²) in [4.78, 5) is 0. The van der Waals surface area contributed by atoms with E-state index in [1.165, 1.54) is 0 Å². The summed E-state index contributed by atoms with van der Waals surface area (Å²) in [6, 6.07) is 0. The van der Waals surface area contributed by atoms with Crippen LogP contribution in [0.5, 0.6) is 0 Å². The molecule has 0 fully saturated rings. The molecule has 0 aromatic heterocycles. The molecule has 0 amide bonds. The summed E-state index contributed by atoms with van der Waals surface area (Å²) in [5, 5.41) is 100. The Bertz CT molecular complexity index is 643. The van der Waals surface area contributed by atoms with Crippen LogP contribution in [0.4, 0.5) is 0 Å². The number of aliphatic hydroxyl groups excluding tert-OH is 6. The summed E-state index contributed by atoms with van der Waals surface area (Å²) < 4.78 is 13.7. The first-order chi connectivity index (χ1) is 26.0. The largest absolute Gasteiger partial charge is 0.397 e. The predicted molar refractivity (Wildman–Crippen MR) is 255 cm³/mol. The van der Waals surface area contributed by atoms with Crippen molar-refractivity contribution in [2.75, 3.05) is 54.4 Å². The molecule has 0 saturated heterocycles. The van der Waals surface area contributed by atoms with E-state index in [-0.39, 0.29) is 324 Å². The second-order valence-electron chi connectivity index (χ2n) is 18.7. The third-order valence-corrected chi connectivity index (χ3v) is 2.93. The molecule has 27 heteroatoms. The SMILES string of the molecule is CC(C)(C)O.CC(C)(C)O.CC(C)(C)O.CC(C)O.CC(C)O.CC(C)O.CCC(C)(C)O.CCC(C)(C)O.CCO.COCC(C)(C)O.COCC(C)O.COCCO.[Hf].[Hf].[Hf].[Ti].[Ti].[Ti].[Ti].[Ti].[Ti].[Zr].[Zr].[Zr]. The van der Waals surface area contributed by atoms with Gasteiger partial charge < -0.3 is 75.5 Å². The van der Waals surface area contributed by atoms with Gasteiger partial charge in [-0.05, 0) is 172 Å². The predicted octanol–water partition coefficient (Wildman–Crippen LogP) is 5.84. The zero-order valence-electron chi connectivity index (χ0n) is 50.9. The van der Waals surface area contributed by atoms with Crippen LogP contribution >= 0.6 is 0 Å². The summed E-state index contributed by atoms with van der Waals surface area (Å²) in [6.45, 7) is 45.5. The average Bonchev–Trinajstić information content (AvgIpc) is 2.90. The van der Waals surface area contributed by atoms with Crippen LogP contribution in [0.15, 0.2) is 0 Å². The van der Waals surface area contributed by atoms with E-state index in [1.54, 1.807) is 181 Å². The van der Waals surface area contributed by atoms with Gasteiger partial charge in [0, 0.05) is 333 Å². The minimum absolute atomic E-state index is 0. The van der Waals surface area contributed by atoms with Gasteiger partial charge in [-0.25, -0.2) is 0 Å². The monoisotopic (exact) mass is 1990 g/mol. The quantitative estimate of drug-likeness (QED) is 0.127. The van der Waals surface area contributed by atoms with Gasteiger partial charge in [0.15, 0.2) is 0 Å². The maximum atomic E-state index is 8.89. The van der Waals surface area contributed by atoms with Gasteiger partial charge in [0.05, 0.1) is 66.1 Å². The van der Waals surface area contributed by atoms with Crippen LogP contribution in [0.2, 0.25) is 0 Å². The van der Waals surface area contributed by atoms with Crippen LogP contribution in [0.3, 0.4) is 0 Å². The molecular formula is C45H114Hf3O15Ti6Zr3. The number of rotatable bonds is 8. The van der Waals surface area contributed by atoms with Crippen molar-refractivity contribution in [3.8, 4) is 0 Å². The Morgan fingerprint density at radius 3 is 0.514 bits per heavy atom. The van der Waals surface area contributed by atoms with Crippen molar-refractivity contribution in [2.45, 2.75) is 244 Å². The molecule has 0 spiro atoms. The molecule has 0 saturated carbocycles. The van der Waals surface area contributed by atoms with Crippen molar-refractivity contribution < 1.29 is 362 Å². The molecule has 0 aliphatic carbocycles. The van der Waals surface area contributed by atoms with E-state index in [0.717, 1.165) is 12.8 Å². The van der Waals surface area contributed by atoms with Gasteiger partial charge in [0.1, 0.15) is 0 Å². The molecule has 0 aliphatic heterocycles. The van der Waals surface area contributed by atoms with E-state index in [1.807, 2.05) is 13.8 Å². The van der Waals surface area contributed by atoms with E-state index < -0.39 is 33.6 Å². The number of aliphatic hydroxyl groups is 12. The fraction of sp³-hybridized carbons (Fsp3) is 1.00. The molecular weight excluding hydrogens is 1880 g/mol. The molecule has 0 bridgehead atoms. The van der Waals surface area contributed by atoms with Crippen molar-refractivity contribution in [3.05, 3.63) is 0 Å². The van der Waals surface area contributed by atoms with Crippen molar-refractivity contribution in [1.29, 1.82) is 0 Å². The molecule has 0 heterocycles. The third-order valence-electron chi connectivity index (χ3n) is 2.93. The van der Waals surface area contributed by atoms with Crippen molar-refractivity contribution >= 4 is 0 Å². The van der Waals surface area contributed by atoms with Crippen LogP contribution in [-0.4, -0.2) is 174 Å². The Morgan fingerprint density at radius 2 is 0.514 bits per heavy atom. The van der Waals surface area contributed by atoms with E-state index in [2.05, 4.69) is 14.2 Å². The maximum Gasteiger partial charge on any atom is 0.0824 e. The molecule has 1 atom stereocenters. The second kappa shape index (κ2) is 111. The minimum atomic E-state index is -0.672. The summed E-state index contributed by atoms with van der Waals surface area (Å²) in [7, 11) is 4.68. The Labute approximate surface area is 649 Å². The first kappa shape index (κ1) is 160. The normalized spacial score (nSPS) is 9.21. The summed E-state index contributed by atoms with van der Waals surface area (Å²) in [6.07, 6.45) is 0.829. The minimum Gasteiger partial charge on any atom is -0.397 e. The molecule has 0 aromatic rings. The molecule has 0 aromatic carbocycles. The standard InChI is InChI=1S/C5H12O2.2C5H12O.C4H10O2.3C4H10O.C3H8O2.3C3H8O.C2H6O.3Hf.6Ti.3Zr/c1-5(2,6)4-7-3;2*1-4-5(2,3)6;1-4(5)3-6-2;3*1-4(2,3)5;1-5-3-2-4;3*1-3(2)4;1-2-3;;;;;;;;;;;;/h6H,4H2,1-3H3;2*6H,4H2,1-3H3;4-5H,3H2,1-2H3;3*5H,1-3H3;4H,2-3H2,1H3;3*3-4H,1-2H3;3H,2H2,1H3;;;;;;;;;;;;. The molecule has 432 valence electrons. The topological polar surface area (TPSA) is 270 Å². The molecule has 15 nitrogen and oxygen atoms in total. The molecule has 0 aliphatic rings. The Morgan fingerprint density at radius 1 is 0.375 bits per heavy atom. The first-order valence-corrected chi connectivity index (χ1v) is 20.7. The molecule has 12 N–H and O–H groups in total. The van der Waals surface area contributed by atoms with Gasteiger partial charge in [0.2, 0.25) is 0 Å². The van der Waals surface area contributed by atoms with E-state index in [0.29, 0.717) is 19.8 Å². The molecule has 0 rings (SSSR count). The van der Waals surface area contributed by atoms with E-state index >= 15 is 0 Å². The number of ether oxygens (including phenoxy) is 3. The van der Waals surface area contributed by atoms with Crippen LogP contribution < -0.4 is 0 Å². The third kappa shape index (κ3) is 836. The number of hydrogen-bond acceptors (Lipinski definition) is 15. The zero-order chi connectivity index (χ0) is 52.4. The van der Waals surface area contributed by atoms with Crippen LogP contribution in [0, 0.1) is 0 Å². The molecule has 0 radical (unpaired) electrons. The van der Waals surface area contributed by atoms with Crippen LogP contribution in [0.1, 0.15) is 186 Å². The Hall–Kier alpha value is 8.95. The Balaban J connectivity index is -0.0000000157. The van der Waals surface area contributed by atoms with Crippen LogP contribution in [-0.2, 0) is 301 Å². The smallest absolute Gasteiger partial charge is 0.0824 e. The second-order valence-corrected chi connectivity index (χ2v) is 18.7. The molecule has 72 heavy (non-hydrogen) atoms. The van der Waals surface area contributed by atoms with Crippen LogP contribution in [0.25, 0.3) is 0 Å². The zero-order valence-corrected chi connectivity index (χ0v) is 78.4. The van der Waals surface area contributed by atoms with E-state index in [4.69, 9.17) is 61.3 Å². The molecule has 1 unspecified atom stereocenters. The van der Waals surface area contributed by atoms with Crippen molar-refractivity contribution in [3.63, 3.8) is 0 Å². The van der Waals surface area contributed by atoms with Crippen molar-refractivity contribution in [1.82, 2.24) is 0 Å². The van der Waals surface area contributed by atoms with Gasteiger partial charge in [0.25, 0.3) is 0 Å². The number of hydrogen-bond donors (Lipinski definition) is 12. The Kier molecular flexibility index (Phi) is 246. The maximum absolute atomic E-state index is 8.89. The van der Waals surface area contributed by atoms with Gasteiger partial charge in [-0.1, -0.05) is 13.8 Å². The van der Waals surface area contributed by atoms with Crippen molar-refractivity contribution in [2.24, 2.45) is 0 Å². The first-order valence-electron chi connectivity index (χ1n) is 20.7. The number of methoxy groups -OCH3 is 3. The van der Waals surface area contributed by atoms with Gasteiger partial charge >= 0.3 is 0 Å². The van der Waals surface area contributed by atoms with Gasteiger partial charge in [-0.3, -0.25) is 0 Å². The average molecular weight is 1990 g/mol.